The van der Waals surface area contributed by atoms with Gasteiger partial charge < -0.3 is 16.0 Å². The fourth-order valence-electron chi connectivity index (χ4n) is 2.97. The largest absolute Gasteiger partial charge is 0.398 e. The first-order chi connectivity index (χ1) is 10.0. The lowest BCUT2D eigenvalue weighted by molar-refractivity contribution is 0.190. The fourth-order valence-corrected chi connectivity index (χ4v) is 3.30. The van der Waals surface area contributed by atoms with Gasteiger partial charge in [-0.2, -0.15) is 0 Å². The number of aromatic nitrogens is 1. The highest BCUT2D eigenvalue weighted by molar-refractivity contribution is 9.10. The third-order valence-corrected chi connectivity index (χ3v) is 4.85. The summed E-state index contributed by atoms with van der Waals surface area (Å²) in [6.07, 6.45) is 4.13. The van der Waals surface area contributed by atoms with E-state index in [9.17, 15) is 0 Å². The molecule has 3 N–H and O–H groups in total. The van der Waals surface area contributed by atoms with Crippen molar-refractivity contribution in [3.63, 3.8) is 0 Å². The van der Waals surface area contributed by atoms with Gasteiger partial charge in [0.25, 0.3) is 0 Å². The standard InChI is InChI=1S/C16H21BrN4/c1-10-7-12(5-6-21(10)2)20-15-4-3-14(18)13-8-11(17)9-19-16(13)15/h3-4,8-10,12,20H,5-7,18H2,1-2H3. The van der Waals surface area contributed by atoms with Crippen molar-refractivity contribution in [1.82, 2.24) is 9.88 Å². The van der Waals surface area contributed by atoms with E-state index in [2.05, 4.69) is 45.1 Å². The molecule has 0 aliphatic carbocycles. The summed E-state index contributed by atoms with van der Waals surface area (Å²) in [6.45, 7) is 3.41. The van der Waals surface area contributed by atoms with Gasteiger partial charge in [0.2, 0.25) is 0 Å². The average molecular weight is 349 g/mol. The Morgan fingerprint density at radius 1 is 1.43 bits per heavy atom. The molecule has 1 aliphatic rings. The molecule has 1 aromatic heterocycles. The van der Waals surface area contributed by atoms with Crippen LogP contribution in [-0.2, 0) is 0 Å². The summed E-state index contributed by atoms with van der Waals surface area (Å²) in [4.78, 5) is 6.95. The number of likely N-dealkylation sites (tertiary alicyclic amines) is 1. The molecule has 21 heavy (non-hydrogen) atoms. The molecule has 3 rings (SSSR count). The maximum absolute atomic E-state index is 6.07. The molecule has 2 heterocycles. The zero-order valence-corrected chi connectivity index (χ0v) is 14.0. The van der Waals surface area contributed by atoms with Crippen LogP contribution in [0.25, 0.3) is 10.9 Å². The molecular weight excluding hydrogens is 328 g/mol. The van der Waals surface area contributed by atoms with Crippen molar-refractivity contribution in [3.05, 3.63) is 28.9 Å². The maximum Gasteiger partial charge on any atom is 0.0954 e. The maximum atomic E-state index is 6.07. The predicted octanol–water partition coefficient (Wildman–Crippen LogP) is 3.47. The molecule has 0 bridgehead atoms. The molecule has 0 amide bonds. The van der Waals surface area contributed by atoms with E-state index in [-0.39, 0.29) is 0 Å². The van der Waals surface area contributed by atoms with Gasteiger partial charge in [-0.05, 0) is 60.9 Å². The van der Waals surface area contributed by atoms with Crippen molar-refractivity contribution in [2.24, 2.45) is 0 Å². The highest BCUT2D eigenvalue weighted by Gasteiger charge is 2.23. The van der Waals surface area contributed by atoms with Crippen LogP contribution in [0.5, 0.6) is 0 Å². The zero-order valence-electron chi connectivity index (χ0n) is 12.4. The highest BCUT2D eigenvalue weighted by atomic mass is 79.9. The van der Waals surface area contributed by atoms with Crippen LogP contribution in [-0.4, -0.2) is 35.6 Å². The summed E-state index contributed by atoms with van der Waals surface area (Å²) < 4.78 is 0.951. The third-order valence-electron chi connectivity index (χ3n) is 4.42. The first-order valence-electron chi connectivity index (χ1n) is 7.35. The van der Waals surface area contributed by atoms with E-state index in [1.165, 1.54) is 0 Å². The highest BCUT2D eigenvalue weighted by Crippen LogP contribution is 2.30. The first-order valence-corrected chi connectivity index (χ1v) is 8.14. The van der Waals surface area contributed by atoms with Crippen LogP contribution in [0.2, 0.25) is 0 Å². The minimum atomic E-state index is 0.494. The van der Waals surface area contributed by atoms with E-state index in [4.69, 9.17) is 5.73 Å². The van der Waals surface area contributed by atoms with Gasteiger partial charge in [-0.3, -0.25) is 4.98 Å². The van der Waals surface area contributed by atoms with E-state index in [0.29, 0.717) is 12.1 Å². The van der Waals surface area contributed by atoms with E-state index >= 15 is 0 Å². The predicted molar refractivity (Wildman–Crippen MR) is 92.6 cm³/mol. The molecule has 0 radical (unpaired) electrons. The number of piperidine rings is 1. The molecule has 4 nitrogen and oxygen atoms in total. The van der Waals surface area contributed by atoms with Crippen molar-refractivity contribution in [3.8, 4) is 0 Å². The van der Waals surface area contributed by atoms with Crippen molar-refractivity contribution in [2.75, 3.05) is 24.6 Å². The Kier molecular flexibility index (Phi) is 4.04. The lowest BCUT2D eigenvalue weighted by atomic mass is 9.98. The molecule has 2 aromatic rings. The number of pyridine rings is 1. The number of hydrogen-bond acceptors (Lipinski definition) is 4. The number of halogens is 1. The smallest absolute Gasteiger partial charge is 0.0954 e. The Morgan fingerprint density at radius 3 is 3.00 bits per heavy atom. The number of fused-ring (bicyclic) bond motifs is 1. The number of anilines is 2. The summed E-state index contributed by atoms with van der Waals surface area (Å²) in [5.41, 5.74) is 8.86. The fraction of sp³-hybridized carbons (Fsp3) is 0.438. The SMILES string of the molecule is CC1CC(Nc2ccc(N)c3cc(Br)cnc23)CCN1C. The number of nitrogen functional groups attached to an aromatic ring is 1. The minimum Gasteiger partial charge on any atom is -0.398 e. The third kappa shape index (κ3) is 2.99. The molecule has 1 aromatic carbocycles. The van der Waals surface area contributed by atoms with Crippen molar-refractivity contribution >= 4 is 38.2 Å². The molecule has 5 heteroatoms. The quantitative estimate of drug-likeness (QED) is 0.815. The van der Waals surface area contributed by atoms with Crippen LogP contribution in [0, 0.1) is 0 Å². The molecule has 2 atom stereocenters. The Hall–Kier alpha value is -1.33. The van der Waals surface area contributed by atoms with Gasteiger partial charge in [0.1, 0.15) is 0 Å². The molecule has 2 unspecified atom stereocenters. The number of rotatable bonds is 2. The summed E-state index contributed by atoms with van der Waals surface area (Å²) >= 11 is 3.46. The van der Waals surface area contributed by atoms with Crippen molar-refractivity contribution in [1.29, 1.82) is 0 Å². The van der Waals surface area contributed by atoms with Gasteiger partial charge >= 0.3 is 0 Å². The number of hydrogen-bond donors (Lipinski definition) is 2. The number of nitrogens with two attached hydrogens (primary N) is 1. The van der Waals surface area contributed by atoms with Crippen LogP contribution in [0.3, 0.4) is 0 Å². The average Bonchev–Trinajstić information content (AvgIpc) is 2.46. The molecule has 0 spiro atoms. The van der Waals surface area contributed by atoms with Crippen molar-refractivity contribution < 1.29 is 0 Å². The minimum absolute atomic E-state index is 0.494. The van der Waals surface area contributed by atoms with E-state index in [1.54, 1.807) is 0 Å². The molecular formula is C16H21BrN4. The van der Waals surface area contributed by atoms with Crippen LogP contribution in [0.15, 0.2) is 28.9 Å². The molecule has 1 aliphatic heterocycles. The van der Waals surface area contributed by atoms with E-state index in [0.717, 1.165) is 46.1 Å². The van der Waals surface area contributed by atoms with Gasteiger partial charge in [-0.25, -0.2) is 0 Å². The zero-order chi connectivity index (χ0) is 15.0. The monoisotopic (exact) mass is 348 g/mol. The van der Waals surface area contributed by atoms with Gasteiger partial charge in [-0.15, -0.1) is 0 Å². The van der Waals surface area contributed by atoms with Gasteiger partial charge in [-0.1, -0.05) is 0 Å². The first kappa shape index (κ1) is 14.6. The Morgan fingerprint density at radius 2 is 2.24 bits per heavy atom. The molecule has 1 fully saturated rings. The normalized spacial score (nSPS) is 23.4. The van der Waals surface area contributed by atoms with Gasteiger partial charge in [0, 0.05) is 40.4 Å². The molecule has 1 saturated heterocycles. The Bertz CT molecular complexity index is 658. The second kappa shape index (κ2) is 5.81. The van der Waals surface area contributed by atoms with Crippen LogP contribution < -0.4 is 11.1 Å². The van der Waals surface area contributed by atoms with Crippen LogP contribution >= 0.6 is 15.9 Å². The lowest BCUT2D eigenvalue weighted by Gasteiger charge is -2.35. The number of nitrogens with one attached hydrogen (secondary N) is 1. The Balaban J connectivity index is 1.89. The van der Waals surface area contributed by atoms with Gasteiger partial charge in [0.15, 0.2) is 0 Å². The molecule has 112 valence electrons. The van der Waals surface area contributed by atoms with Crippen molar-refractivity contribution in [2.45, 2.75) is 31.8 Å². The number of benzene rings is 1. The topological polar surface area (TPSA) is 54.2 Å². The second-order valence-electron chi connectivity index (χ2n) is 5.95. The van der Waals surface area contributed by atoms with Crippen LogP contribution in [0.1, 0.15) is 19.8 Å². The van der Waals surface area contributed by atoms with Gasteiger partial charge in [0.05, 0.1) is 11.2 Å². The Labute approximate surface area is 133 Å². The lowest BCUT2D eigenvalue weighted by Crippen LogP contribution is -2.42. The molecule has 0 saturated carbocycles. The number of nitrogens with zero attached hydrogens (tertiary/aromatic N) is 2. The summed E-state index contributed by atoms with van der Waals surface area (Å²) in [7, 11) is 2.19. The summed E-state index contributed by atoms with van der Waals surface area (Å²) in [5.74, 6) is 0. The second-order valence-corrected chi connectivity index (χ2v) is 6.86. The van der Waals surface area contributed by atoms with E-state index in [1.807, 2.05) is 24.4 Å². The summed E-state index contributed by atoms with van der Waals surface area (Å²) in [5, 5.41) is 4.66. The van der Waals surface area contributed by atoms with Crippen LogP contribution in [0.4, 0.5) is 11.4 Å². The summed E-state index contributed by atoms with van der Waals surface area (Å²) in [6, 6.07) is 7.13. The van der Waals surface area contributed by atoms with E-state index < -0.39 is 0 Å².